The summed E-state index contributed by atoms with van der Waals surface area (Å²) in [5.41, 5.74) is 17.7. The maximum atomic E-state index is 6.36. The molecule has 0 fully saturated rings. The number of para-hydroxylation sites is 1. The summed E-state index contributed by atoms with van der Waals surface area (Å²) in [5.74, 6) is 0.631. The summed E-state index contributed by atoms with van der Waals surface area (Å²) in [6.45, 7) is 0. The molecule has 0 aliphatic heterocycles. The summed E-state index contributed by atoms with van der Waals surface area (Å²) >= 11 is 0. The van der Waals surface area contributed by atoms with E-state index in [-0.39, 0.29) is 0 Å². The van der Waals surface area contributed by atoms with Gasteiger partial charge in [-0.3, -0.25) is 0 Å². The molecule has 0 unspecified atom stereocenters. The first-order valence-electron chi connectivity index (χ1n) is 20.6. The minimum absolute atomic E-state index is 0.631. The third kappa shape index (κ3) is 7.20. The SMILES string of the molecule is c1ccc(-c2ccc(-c3cc(-c4cc(-c5cccc(-c6ccccc6)c5)cc(-c5cccc(-c6ccccc6)c5)c4)nc(-c4ccc5c(c4)oc4ccccc45)n3)cc2)cc1. The average Bonchev–Trinajstić information content (AvgIpc) is 3.73. The number of hydrogen-bond acceptors (Lipinski definition) is 3. The van der Waals surface area contributed by atoms with Crippen LogP contribution in [0.4, 0.5) is 0 Å². The van der Waals surface area contributed by atoms with E-state index < -0.39 is 0 Å². The highest BCUT2D eigenvalue weighted by Gasteiger charge is 2.16. The van der Waals surface area contributed by atoms with Gasteiger partial charge in [-0.05, 0) is 110 Å². The first-order valence-corrected chi connectivity index (χ1v) is 20.6. The van der Waals surface area contributed by atoms with Gasteiger partial charge < -0.3 is 4.42 Å². The van der Waals surface area contributed by atoms with Gasteiger partial charge >= 0.3 is 0 Å². The smallest absolute Gasteiger partial charge is 0.160 e. The summed E-state index contributed by atoms with van der Waals surface area (Å²) in [6.07, 6.45) is 0. The molecular weight excluding hydrogens is 741 g/mol. The van der Waals surface area contributed by atoms with E-state index >= 15 is 0 Å². The second-order valence-corrected chi connectivity index (χ2v) is 15.4. The Morgan fingerprint density at radius 3 is 1.21 bits per heavy atom. The molecule has 11 aromatic rings. The lowest BCUT2D eigenvalue weighted by Gasteiger charge is -2.14. The summed E-state index contributed by atoms with van der Waals surface area (Å²) < 4.78 is 6.36. The van der Waals surface area contributed by atoms with Crippen molar-refractivity contribution in [2.45, 2.75) is 0 Å². The van der Waals surface area contributed by atoms with Gasteiger partial charge in [0.1, 0.15) is 11.2 Å². The Morgan fingerprint density at radius 1 is 0.230 bits per heavy atom. The predicted molar refractivity (Wildman–Crippen MR) is 253 cm³/mol. The van der Waals surface area contributed by atoms with Gasteiger partial charge in [0, 0.05) is 27.5 Å². The second kappa shape index (κ2) is 15.6. The molecule has 0 radical (unpaired) electrons. The molecule has 2 heterocycles. The lowest BCUT2D eigenvalue weighted by molar-refractivity contribution is 0.669. The van der Waals surface area contributed by atoms with Crippen molar-refractivity contribution in [3.63, 3.8) is 0 Å². The van der Waals surface area contributed by atoms with Crippen molar-refractivity contribution in [1.29, 1.82) is 0 Å². The molecule has 0 saturated heterocycles. The van der Waals surface area contributed by atoms with Gasteiger partial charge in [0.15, 0.2) is 5.82 Å². The fourth-order valence-electron chi connectivity index (χ4n) is 8.33. The summed E-state index contributed by atoms with van der Waals surface area (Å²) in [7, 11) is 0. The minimum Gasteiger partial charge on any atom is -0.456 e. The molecule has 2 aromatic heterocycles. The zero-order valence-corrected chi connectivity index (χ0v) is 33.2. The Kier molecular flexibility index (Phi) is 9.18. The van der Waals surface area contributed by atoms with E-state index in [0.29, 0.717) is 5.82 Å². The third-order valence-electron chi connectivity index (χ3n) is 11.5. The zero-order valence-electron chi connectivity index (χ0n) is 33.2. The van der Waals surface area contributed by atoms with Gasteiger partial charge in [0.25, 0.3) is 0 Å². The van der Waals surface area contributed by atoms with E-state index in [2.05, 4.69) is 206 Å². The molecule has 3 heteroatoms. The molecule has 0 atom stereocenters. The fraction of sp³-hybridized carbons (Fsp3) is 0. The second-order valence-electron chi connectivity index (χ2n) is 15.4. The topological polar surface area (TPSA) is 38.9 Å². The van der Waals surface area contributed by atoms with Crippen molar-refractivity contribution in [3.05, 3.63) is 231 Å². The highest BCUT2D eigenvalue weighted by Crippen LogP contribution is 2.38. The maximum absolute atomic E-state index is 6.36. The molecule has 0 spiro atoms. The van der Waals surface area contributed by atoms with E-state index in [1.54, 1.807) is 0 Å². The van der Waals surface area contributed by atoms with Crippen molar-refractivity contribution in [2.75, 3.05) is 0 Å². The highest BCUT2D eigenvalue weighted by atomic mass is 16.3. The van der Waals surface area contributed by atoms with Gasteiger partial charge in [-0.1, -0.05) is 176 Å². The Balaban J connectivity index is 1.10. The van der Waals surface area contributed by atoms with Gasteiger partial charge in [-0.2, -0.15) is 0 Å². The number of benzene rings is 9. The molecular formula is C58H38N2O. The van der Waals surface area contributed by atoms with Crippen LogP contribution < -0.4 is 0 Å². The van der Waals surface area contributed by atoms with Crippen molar-refractivity contribution in [2.24, 2.45) is 0 Å². The summed E-state index contributed by atoms with van der Waals surface area (Å²) in [6, 6.07) is 81.3. The summed E-state index contributed by atoms with van der Waals surface area (Å²) in [5, 5.41) is 2.16. The van der Waals surface area contributed by atoms with Crippen molar-refractivity contribution in [3.8, 4) is 89.5 Å². The zero-order chi connectivity index (χ0) is 40.5. The van der Waals surface area contributed by atoms with Gasteiger partial charge in [-0.15, -0.1) is 0 Å². The molecule has 0 bridgehead atoms. The van der Waals surface area contributed by atoms with E-state index in [0.717, 1.165) is 77.8 Å². The summed E-state index contributed by atoms with van der Waals surface area (Å²) in [4.78, 5) is 10.6. The standard InChI is InChI=1S/C58H38N2O/c1-4-14-39(15-5-1)42-26-28-43(29-27-42)54-38-55(60-58(59-54)48-30-31-53-52-24-10-11-25-56(52)61-57(53)37-48)51-35-49(46-22-12-20-44(32-46)40-16-6-2-7-17-40)34-50(36-51)47-23-13-21-45(33-47)41-18-8-3-9-19-41/h1-38H. The van der Waals surface area contributed by atoms with Crippen LogP contribution in [-0.2, 0) is 0 Å². The number of nitrogens with zero attached hydrogens (tertiary/aromatic N) is 2. The minimum atomic E-state index is 0.631. The first-order chi connectivity index (χ1) is 30.2. The van der Waals surface area contributed by atoms with Crippen LogP contribution in [0.3, 0.4) is 0 Å². The number of hydrogen-bond donors (Lipinski definition) is 0. The lowest BCUT2D eigenvalue weighted by atomic mass is 9.92. The first kappa shape index (κ1) is 36.0. The normalized spacial score (nSPS) is 11.3. The Morgan fingerprint density at radius 2 is 0.623 bits per heavy atom. The van der Waals surface area contributed by atoms with Crippen LogP contribution in [0.5, 0.6) is 0 Å². The van der Waals surface area contributed by atoms with Gasteiger partial charge in [0.2, 0.25) is 0 Å². The molecule has 0 aliphatic carbocycles. The molecule has 11 rings (SSSR count). The van der Waals surface area contributed by atoms with Crippen LogP contribution >= 0.6 is 0 Å². The fourth-order valence-corrected chi connectivity index (χ4v) is 8.33. The Labute approximate surface area is 354 Å². The monoisotopic (exact) mass is 778 g/mol. The van der Waals surface area contributed by atoms with Crippen molar-refractivity contribution >= 4 is 21.9 Å². The molecule has 61 heavy (non-hydrogen) atoms. The molecule has 0 N–H and O–H groups in total. The van der Waals surface area contributed by atoms with Crippen molar-refractivity contribution < 1.29 is 4.42 Å². The molecule has 0 saturated carbocycles. The van der Waals surface area contributed by atoms with Crippen LogP contribution in [0, 0.1) is 0 Å². The molecule has 286 valence electrons. The number of aromatic nitrogens is 2. The molecule has 9 aromatic carbocycles. The van der Waals surface area contributed by atoms with E-state index in [1.165, 1.54) is 27.8 Å². The Hall–Kier alpha value is -8.14. The van der Waals surface area contributed by atoms with Crippen LogP contribution in [0.15, 0.2) is 235 Å². The van der Waals surface area contributed by atoms with Crippen LogP contribution in [0.2, 0.25) is 0 Å². The van der Waals surface area contributed by atoms with Crippen LogP contribution in [0.25, 0.3) is 111 Å². The van der Waals surface area contributed by atoms with Crippen molar-refractivity contribution in [1.82, 2.24) is 9.97 Å². The van der Waals surface area contributed by atoms with E-state index in [9.17, 15) is 0 Å². The molecule has 0 aliphatic rings. The quantitative estimate of drug-likeness (QED) is 0.154. The van der Waals surface area contributed by atoms with E-state index in [1.807, 2.05) is 24.3 Å². The predicted octanol–water partition coefficient (Wildman–Crippen LogP) is 15.7. The van der Waals surface area contributed by atoms with Gasteiger partial charge in [-0.25, -0.2) is 9.97 Å². The van der Waals surface area contributed by atoms with E-state index in [4.69, 9.17) is 14.4 Å². The molecule has 3 nitrogen and oxygen atoms in total. The average molecular weight is 779 g/mol. The largest absolute Gasteiger partial charge is 0.456 e. The number of fused-ring (bicyclic) bond motifs is 3. The van der Waals surface area contributed by atoms with Crippen LogP contribution in [-0.4, -0.2) is 9.97 Å². The molecule has 0 amide bonds. The maximum Gasteiger partial charge on any atom is 0.160 e. The highest BCUT2D eigenvalue weighted by molar-refractivity contribution is 6.05. The number of rotatable bonds is 8. The lowest BCUT2D eigenvalue weighted by Crippen LogP contribution is -1.97. The number of furan rings is 1. The van der Waals surface area contributed by atoms with Crippen LogP contribution in [0.1, 0.15) is 0 Å². The van der Waals surface area contributed by atoms with Gasteiger partial charge in [0.05, 0.1) is 11.4 Å². The third-order valence-corrected chi connectivity index (χ3v) is 11.5. The Bertz CT molecular complexity index is 3230.